The Bertz CT molecular complexity index is 496. The Balaban J connectivity index is 1.99. The minimum absolute atomic E-state index is 0.113. The lowest BCUT2D eigenvalue weighted by atomic mass is 10.1. The Morgan fingerprint density at radius 2 is 2.29 bits per heavy atom. The van der Waals surface area contributed by atoms with Gasteiger partial charge in [-0.2, -0.15) is 5.10 Å². The first-order valence-corrected chi connectivity index (χ1v) is 5.74. The van der Waals surface area contributed by atoms with Gasteiger partial charge in [-0.1, -0.05) is 12.1 Å². The summed E-state index contributed by atoms with van der Waals surface area (Å²) < 4.78 is 0. The molecule has 88 valence electrons. The van der Waals surface area contributed by atoms with Crippen molar-refractivity contribution in [1.29, 1.82) is 0 Å². The Morgan fingerprint density at radius 3 is 3.00 bits per heavy atom. The van der Waals surface area contributed by atoms with Crippen LogP contribution in [0.1, 0.15) is 21.5 Å². The predicted molar refractivity (Wildman–Crippen MR) is 65.8 cm³/mol. The summed E-state index contributed by atoms with van der Waals surface area (Å²) in [7, 11) is 0. The number of aromatic nitrogens is 2. The second-order valence-electron chi connectivity index (χ2n) is 3.62. The van der Waals surface area contributed by atoms with Crippen LogP contribution in [0.2, 0.25) is 0 Å². The van der Waals surface area contributed by atoms with E-state index in [1.807, 2.05) is 12.1 Å². The molecule has 0 saturated carbocycles. The number of hydrogen-bond acceptors (Lipinski definition) is 2. The summed E-state index contributed by atoms with van der Waals surface area (Å²) in [6.45, 7) is 0.459. The SMILES string of the molecule is O=C(NCc1cn[nH]c1)c1cccc(CCl)c1. The smallest absolute Gasteiger partial charge is 0.251 e. The Hall–Kier alpha value is -1.81. The van der Waals surface area contributed by atoms with E-state index in [1.54, 1.807) is 24.5 Å². The average molecular weight is 250 g/mol. The van der Waals surface area contributed by atoms with E-state index in [1.165, 1.54) is 0 Å². The summed E-state index contributed by atoms with van der Waals surface area (Å²) in [4.78, 5) is 11.8. The van der Waals surface area contributed by atoms with E-state index in [9.17, 15) is 4.79 Å². The molecule has 17 heavy (non-hydrogen) atoms. The van der Waals surface area contributed by atoms with E-state index in [4.69, 9.17) is 11.6 Å². The number of nitrogens with zero attached hydrogens (tertiary/aromatic N) is 1. The first-order valence-electron chi connectivity index (χ1n) is 5.20. The molecular formula is C12H12ClN3O. The molecule has 1 amide bonds. The molecular weight excluding hydrogens is 238 g/mol. The molecule has 0 aliphatic rings. The largest absolute Gasteiger partial charge is 0.348 e. The van der Waals surface area contributed by atoms with Crippen LogP contribution in [0.5, 0.6) is 0 Å². The zero-order valence-electron chi connectivity index (χ0n) is 9.11. The van der Waals surface area contributed by atoms with Crippen LogP contribution in [0.15, 0.2) is 36.7 Å². The molecule has 4 nitrogen and oxygen atoms in total. The Labute approximate surface area is 104 Å². The van der Waals surface area contributed by atoms with Crippen molar-refractivity contribution in [1.82, 2.24) is 15.5 Å². The highest BCUT2D eigenvalue weighted by molar-refractivity contribution is 6.17. The van der Waals surface area contributed by atoms with Crippen molar-refractivity contribution in [2.45, 2.75) is 12.4 Å². The van der Waals surface area contributed by atoms with Gasteiger partial charge in [0.2, 0.25) is 0 Å². The molecule has 2 rings (SSSR count). The Kier molecular flexibility index (Phi) is 3.77. The van der Waals surface area contributed by atoms with Crippen LogP contribution in [-0.2, 0) is 12.4 Å². The number of benzene rings is 1. The van der Waals surface area contributed by atoms with Crippen LogP contribution in [0.25, 0.3) is 0 Å². The van der Waals surface area contributed by atoms with Crippen LogP contribution in [0.3, 0.4) is 0 Å². The summed E-state index contributed by atoms with van der Waals surface area (Å²) >= 11 is 5.72. The third-order valence-electron chi connectivity index (χ3n) is 2.35. The number of carbonyl (C=O) groups excluding carboxylic acids is 1. The first-order chi connectivity index (χ1) is 8.29. The summed E-state index contributed by atoms with van der Waals surface area (Å²) in [5, 5.41) is 9.31. The summed E-state index contributed by atoms with van der Waals surface area (Å²) in [5.41, 5.74) is 2.49. The normalized spacial score (nSPS) is 10.2. The highest BCUT2D eigenvalue weighted by Gasteiger charge is 2.05. The molecule has 0 spiro atoms. The number of alkyl halides is 1. The molecule has 2 N–H and O–H groups in total. The van der Waals surface area contributed by atoms with E-state index in [-0.39, 0.29) is 5.91 Å². The van der Waals surface area contributed by atoms with Crippen LogP contribution in [0.4, 0.5) is 0 Å². The van der Waals surface area contributed by atoms with Crippen LogP contribution < -0.4 is 5.32 Å². The third-order valence-corrected chi connectivity index (χ3v) is 2.66. The zero-order chi connectivity index (χ0) is 12.1. The number of hydrogen-bond donors (Lipinski definition) is 2. The fourth-order valence-electron chi connectivity index (χ4n) is 1.45. The summed E-state index contributed by atoms with van der Waals surface area (Å²) in [6, 6.07) is 7.27. The van der Waals surface area contributed by atoms with Crippen LogP contribution in [-0.4, -0.2) is 16.1 Å². The number of halogens is 1. The number of H-pyrrole nitrogens is 1. The van der Waals surface area contributed by atoms with Gasteiger partial charge in [-0.05, 0) is 17.7 Å². The lowest BCUT2D eigenvalue weighted by molar-refractivity contribution is 0.0951. The van der Waals surface area contributed by atoms with Crippen LogP contribution >= 0.6 is 11.6 Å². The van der Waals surface area contributed by atoms with Gasteiger partial charge in [0.1, 0.15) is 0 Å². The molecule has 0 bridgehead atoms. The number of aromatic amines is 1. The Morgan fingerprint density at radius 1 is 1.41 bits per heavy atom. The van der Waals surface area contributed by atoms with Crippen molar-refractivity contribution in [3.63, 3.8) is 0 Å². The van der Waals surface area contributed by atoms with E-state index in [0.29, 0.717) is 18.0 Å². The number of amides is 1. The maximum absolute atomic E-state index is 11.8. The third kappa shape index (κ3) is 3.07. The fraction of sp³-hybridized carbons (Fsp3) is 0.167. The van der Waals surface area contributed by atoms with E-state index in [2.05, 4.69) is 15.5 Å². The van der Waals surface area contributed by atoms with Crippen molar-refractivity contribution < 1.29 is 4.79 Å². The minimum atomic E-state index is -0.113. The van der Waals surface area contributed by atoms with Gasteiger partial charge in [-0.3, -0.25) is 9.89 Å². The van der Waals surface area contributed by atoms with Gasteiger partial charge in [-0.25, -0.2) is 0 Å². The maximum Gasteiger partial charge on any atom is 0.251 e. The fourth-order valence-corrected chi connectivity index (χ4v) is 1.62. The van der Waals surface area contributed by atoms with Gasteiger partial charge in [-0.15, -0.1) is 11.6 Å². The van der Waals surface area contributed by atoms with Crippen LogP contribution in [0, 0.1) is 0 Å². The maximum atomic E-state index is 11.8. The molecule has 0 radical (unpaired) electrons. The monoisotopic (exact) mass is 249 g/mol. The highest BCUT2D eigenvalue weighted by Crippen LogP contribution is 2.08. The standard InChI is InChI=1S/C12H12ClN3O/c13-5-9-2-1-3-11(4-9)12(17)14-6-10-7-15-16-8-10/h1-4,7-8H,5-6H2,(H,14,17)(H,15,16). The van der Waals surface area contributed by atoms with Crippen molar-refractivity contribution in [3.05, 3.63) is 53.3 Å². The summed E-state index contributed by atoms with van der Waals surface area (Å²) in [6.07, 6.45) is 3.42. The van der Waals surface area contributed by atoms with Gasteiger partial charge in [0.05, 0.1) is 6.20 Å². The zero-order valence-corrected chi connectivity index (χ0v) is 9.87. The van der Waals surface area contributed by atoms with Gasteiger partial charge >= 0.3 is 0 Å². The molecule has 0 unspecified atom stereocenters. The highest BCUT2D eigenvalue weighted by atomic mass is 35.5. The molecule has 5 heteroatoms. The first kappa shape index (κ1) is 11.7. The van der Waals surface area contributed by atoms with Gasteiger partial charge in [0.15, 0.2) is 0 Å². The lowest BCUT2D eigenvalue weighted by Crippen LogP contribution is -2.22. The summed E-state index contributed by atoms with van der Waals surface area (Å²) in [5.74, 6) is 0.293. The molecule has 1 aromatic carbocycles. The molecule has 2 aromatic rings. The molecule has 0 fully saturated rings. The van der Waals surface area contributed by atoms with Gasteiger partial charge < -0.3 is 5.32 Å². The molecule has 1 aromatic heterocycles. The van der Waals surface area contributed by atoms with Gasteiger partial charge in [0, 0.05) is 29.7 Å². The quantitative estimate of drug-likeness (QED) is 0.815. The number of nitrogens with one attached hydrogen (secondary N) is 2. The van der Waals surface area contributed by atoms with Crippen molar-refractivity contribution in [2.24, 2.45) is 0 Å². The average Bonchev–Trinajstić information content (AvgIpc) is 2.89. The second-order valence-corrected chi connectivity index (χ2v) is 3.89. The van der Waals surface area contributed by atoms with E-state index in [0.717, 1.165) is 11.1 Å². The van der Waals surface area contributed by atoms with E-state index >= 15 is 0 Å². The molecule has 0 atom stereocenters. The molecule has 0 saturated heterocycles. The lowest BCUT2D eigenvalue weighted by Gasteiger charge is -2.04. The second kappa shape index (κ2) is 5.50. The predicted octanol–water partition coefficient (Wildman–Crippen LogP) is 2.08. The molecule has 0 aliphatic heterocycles. The van der Waals surface area contributed by atoms with Crippen molar-refractivity contribution in [2.75, 3.05) is 0 Å². The van der Waals surface area contributed by atoms with Crippen molar-refractivity contribution in [3.8, 4) is 0 Å². The minimum Gasteiger partial charge on any atom is -0.348 e. The molecule has 1 heterocycles. The van der Waals surface area contributed by atoms with E-state index < -0.39 is 0 Å². The number of rotatable bonds is 4. The molecule has 0 aliphatic carbocycles. The van der Waals surface area contributed by atoms with Crippen molar-refractivity contribution >= 4 is 17.5 Å². The van der Waals surface area contributed by atoms with Gasteiger partial charge in [0.25, 0.3) is 5.91 Å². The number of carbonyl (C=O) groups is 1. The topological polar surface area (TPSA) is 57.8 Å².